The molecule has 2 aliphatic carbocycles. The van der Waals surface area contributed by atoms with Crippen LogP contribution in [-0.2, 0) is 5.41 Å². The van der Waals surface area contributed by atoms with Crippen LogP contribution in [0.2, 0.25) is 0 Å². The number of benzene rings is 7. The maximum Gasteiger partial charge on any atom is 0.0726 e. The molecule has 1 N–H and O–H groups in total. The van der Waals surface area contributed by atoms with Gasteiger partial charge in [0.1, 0.15) is 0 Å². The lowest BCUT2D eigenvalue weighted by Crippen LogP contribution is -2.25. The zero-order valence-corrected chi connectivity index (χ0v) is 25.0. The highest BCUT2D eigenvalue weighted by Gasteiger charge is 2.51. The molecule has 7 aromatic carbocycles. The first kappa shape index (κ1) is 24.3. The Labute approximate surface area is 260 Å². The minimum absolute atomic E-state index is 0.337. The lowest BCUT2D eigenvalue weighted by atomic mass is 9.70. The highest BCUT2D eigenvalue weighted by atomic mass is 32.1. The zero-order valence-electron chi connectivity index (χ0n) is 24.2. The van der Waals surface area contributed by atoms with E-state index in [0.717, 1.165) is 11.4 Å². The standard InChI is InChI=1S/C42H27NS/c1-25-23-26-11-2-3-12-28(26)39-33-16-10-20-38(41(33)44-40(25)39)43-27-21-22-32-31-15-6-9-19-36(31)42(37(32)24-27)34-17-7-4-13-29(34)30-14-5-8-18-35(30)42/h2-24,43H,1H3. The number of anilines is 2. The van der Waals surface area contributed by atoms with Gasteiger partial charge in [-0.2, -0.15) is 0 Å². The Hall–Kier alpha value is -5.18. The number of rotatable bonds is 2. The molecule has 0 saturated carbocycles. The maximum absolute atomic E-state index is 3.90. The van der Waals surface area contributed by atoms with Crippen molar-refractivity contribution in [1.29, 1.82) is 0 Å². The summed E-state index contributed by atoms with van der Waals surface area (Å²) >= 11 is 1.90. The third kappa shape index (κ3) is 2.98. The molecule has 44 heavy (non-hydrogen) atoms. The summed E-state index contributed by atoms with van der Waals surface area (Å²) < 4.78 is 2.67. The Balaban J connectivity index is 1.20. The molecule has 0 atom stereocenters. The van der Waals surface area contributed by atoms with Crippen molar-refractivity contribution in [3.05, 3.63) is 167 Å². The predicted molar refractivity (Wildman–Crippen MR) is 188 cm³/mol. The largest absolute Gasteiger partial charge is 0.354 e. The van der Waals surface area contributed by atoms with E-state index in [9.17, 15) is 0 Å². The van der Waals surface area contributed by atoms with E-state index >= 15 is 0 Å². The molecule has 2 aliphatic rings. The second-order valence-electron chi connectivity index (χ2n) is 12.2. The third-order valence-corrected chi connectivity index (χ3v) is 11.3. The summed E-state index contributed by atoms with van der Waals surface area (Å²) in [5, 5.41) is 9.21. The number of aryl methyl sites for hydroxylation is 1. The van der Waals surface area contributed by atoms with Gasteiger partial charge in [-0.15, -0.1) is 11.3 Å². The molecular formula is C42H27NS. The van der Waals surface area contributed by atoms with E-state index in [1.165, 1.54) is 81.0 Å². The Morgan fingerprint density at radius 2 is 1.09 bits per heavy atom. The summed E-state index contributed by atoms with van der Waals surface area (Å²) in [4.78, 5) is 0. The van der Waals surface area contributed by atoms with Crippen LogP contribution in [0.25, 0.3) is 53.2 Å². The van der Waals surface area contributed by atoms with Crippen LogP contribution in [0.1, 0.15) is 27.8 Å². The highest BCUT2D eigenvalue weighted by molar-refractivity contribution is 7.26. The van der Waals surface area contributed by atoms with Crippen LogP contribution in [0.3, 0.4) is 0 Å². The van der Waals surface area contributed by atoms with Gasteiger partial charge in [-0.25, -0.2) is 0 Å². The molecule has 0 fully saturated rings. The molecule has 10 rings (SSSR count). The van der Waals surface area contributed by atoms with Crippen molar-refractivity contribution in [2.75, 3.05) is 5.32 Å². The van der Waals surface area contributed by atoms with Crippen LogP contribution in [0.4, 0.5) is 11.4 Å². The number of nitrogens with one attached hydrogen (secondary N) is 1. The zero-order chi connectivity index (χ0) is 29.0. The van der Waals surface area contributed by atoms with Gasteiger partial charge in [0.2, 0.25) is 0 Å². The average molecular weight is 578 g/mol. The SMILES string of the molecule is Cc1cc2ccccc2c2c1sc1c(Nc3ccc4c(c3)C3(c5ccccc5-c5ccccc53)c3ccccc3-4)cccc12. The molecule has 2 heteroatoms. The van der Waals surface area contributed by atoms with Crippen molar-refractivity contribution in [3.8, 4) is 22.3 Å². The average Bonchev–Trinajstić information content (AvgIpc) is 3.71. The lowest BCUT2D eigenvalue weighted by molar-refractivity contribution is 0.794. The molecule has 8 aromatic rings. The molecular weight excluding hydrogens is 551 g/mol. The van der Waals surface area contributed by atoms with Crippen LogP contribution in [-0.4, -0.2) is 0 Å². The van der Waals surface area contributed by atoms with Crippen LogP contribution >= 0.6 is 11.3 Å². The monoisotopic (exact) mass is 577 g/mol. The second-order valence-corrected chi connectivity index (χ2v) is 13.2. The molecule has 0 amide bonds. The van der Waals surface area contributed by atoms with Crippen LogP contribution in [0, 0.1) is 6.92 Å². The van der Waals surface area contributed by atoms with Gasteiger partial charge in [-0.05, 0) is 92.0 Å². The fraction of sp³-hybridized carbons (Fsp3) is 0.0476. The van der Waals surface area contributed by atoms with Crippen molar-refractivity contribution < 1.29 is 0 Å². The van der Waals surface area contributed by atoms with E-state index in [1.54, 1.807) is 0 Å². The first-order chi connectivity index (χ1) is 21.7. The summed E-state index contributed by atoms with van der Waals surface area (Å²) in [6.07, 6.45) is 0. The molecule has 1 heterocycles. The fourth-order valence-corrected chi connectivity index (χ4v) is 9.50. The fourth-order valence-electron chi connectivity index (χ4n) is 8.24. The normalized spacial score (nSPS) is 13.8. The van der Waals surface area contributed by atoms with E-state index in [1.807, 2.05) is 11.3 Å². The van der Waals surface area contributed by atoms with Gasteiger partial charge in [0.25, 0.3) is 0 Å². The van der Waals surface area contributed by atoms with E-state index in [4.69, 9.17) is 0 Å². The summed E-state index contributed by atoms with van der Waals surface area (Å²) in [6, 6.07) is 51.8. The Morgan fingerprint density at radius 1 is 0.500 bits per heavy atom. The number of hydrogen-bond donors (Lipinski definition) is 1. The number of hydrogen-bond acceptors (Lipinski definition) is 2. The van der Waals surface area contributed by atoms with Gasteiger partial charge in [0.05, 0.1) is 15.8 Å². The van der Waals surface area contributed by atoms with E-state index in [2.05, 4.69) is 152 Å². The Bertz CT molecular complexity index is 2430. The Kier molecular flexibility index (Phi) is 4.79. The molecule has 0 saturated heterocycles. The van der Waals surface area contributed by atoms with Crippen molar-refractivity contribution in [1.82, 2.24) is 0 Å². The van der Waals surface area contributed by atoms with Gasteiger partial charge < -0.3 is 5.32 Å². The highest BCUT2D eigenvalue weighted by Crippen LogP contribution is 2.63. The molecule has 1 nitrogen and oxygen atoms in total. The minimum Gasteiger partial charge on any atom is -0.354 e. The van der Waals surface area contributed by atoms with Crippen LogP contribution in [0.5, 0.6) is 0 Å². The minimum atomic E-state index is -0.337. The summed E-state index contributed by atoms with van der Waals surface area (Å²) in [5.41, 5.74) is 14.1. The number of fused-ring (bicyclic) bond motifs is 15. The van der Waals surface area contributed by atoms with E-state index in [-0.39, 0.29) is 5.41 Å². The van der Waals surface area contributed by atoms with Gasteiger partial charge >= 0.3 is 0 Å². The molecule has 206 valence electrons. The first-order valence-corrected chi connectivity index (χ1v) is 16.1. The molecule has 0 aliphatic heterocycles. The first-order valence-electron chi connectivity index (χ1n) is 15.3. The van der Waals surface area contributed by atoms with Gasteiger partial charge in [-0.1, -0.05) is 115 Å². The van der Waals surface area contributed by atoms with Crippen LogP contribution < -0.4 is 5.32 Å². The van der Waals surface area contributed by atoms with Gasteiger partial charge in [0.15, 0.2) is 0 Å². The summed E-state index contributed by atoms with van der Waals surface area (Å²) in [6.45, 7) is 2.24. The van der Waals surface area contributed by atoms with Gasteiger partial charge in [-0.3, -0.25) is 0 Å². The van der Waals surface area contributed by atoms with Crippen molar-refractivity contribution in [3.63, 3.8) is 0 Å². The van der Waals surface area contributed by atoms with Crippen molar-refractivity contribution in [2.45, 2.75) is 12.3 Å². The Morgan fingerprint density at radius 3 is 1.80 bits per heavy atom. The predicted octanol–water partition coefficient (Wildman–Crippen LogP) is 11.6. The third-order valence-electron chi connectivity index (χ3n) is 9.95. The van der Waals surface area contributed by atoms with E-state index in [0.29, 0.717) is 0 Å². The van der Waals surface area contributed by atoms with Crippen molar-refractivity contribution in [2.24, 2.45) is 0 Å². The molecule has 1 aromatic heterocycles. The maximum atomic E-state index is 3.90. The quantitative estimate of drug-likeness (QED) is 0.215. The smallest absolute Gasteiger partial charge is 0.0726 e. The summed E-state index contributed by atoms with van der Waals surface area (Å²) in [5.74, 6) is 0. The number of thiophene rings is 1. The molecule has 0 bridgehead atoms. The van der Waals surface area contributed by atoms with Crippen molar-refractivity contribution >= 4 is 53.7 Å². The topological polar surface area (TPSA) is 12.0 Å². The summed E-state index contributed by atoms with van der Waals surface area (Å²) in [7, 11) is 0. The van der Waals surface area contributed by atoms with Crippen LogP contribution in [0.15, 0.2) is 140 Å². The second kappa shape index (κ2) is 8.69. The lowest BCUT2D eigenvalue weighted by Gasteiger charge is -2.30. The van der Waals surface area contributed by atoms with Gasteiger partial charge in [0, 0.05) is 21.2 Å². The molecule has 0 unspecified atom stereocenters. The molecule has 0 radical (unpaired) electrons. The van der Waals surface area contributed by atoms with E-state index < -0.39 is 0 Å². The molecule has 1 spiro atoms.